The van der Waals surface area contributed by atoms with Gasteiger partial charge in [0.25, 0.3) is 5.79 Å². The van der Waals surface area contributed by atoms with Crippen molar-refractivity contribution in [2.75, 3.05) is 0 Å². The molecule has 0 amide bonds. The largest absolute Gasteiger partial charge is 0.419 e. The van der Waals surface area contributed by atoms with Crippen LogP contribution in [-0.2, 0) is 9.47 Å². The lowest BCUT2D eigenvalue weighted by Gasteiger charge is -2.42. The molecule has 0 spiro atoms. The fourth-order valence-electron chi connectivity index (χ4n) is 2.77. The van der Waals surface area contributed by atoms with E-state index < -0.39 is 23.1 Å². The first-order valence-corrected chi connectivity index (χ1v) is 8.86. The molecule has 0 heterocycles. The Labute approximate surface area is 155 Å². The first kappa shape index (κ1) is 19.7. The topological polar surface area (TPSA) is 52.6 Å². The van der Waals surface area contributed by atoms with E-state index in [0.29, 0.717) is 11.1 Å². The molecule has 2 aromatic carbocycles. The molecule has 2 rings (SSSR count). The number of hydrogen-bond acceptors (Lipinski definition) is 4. The second kappa shape index (κ2) is 8.17. The van der Waals surface area contributed by atoms with Crippen LogP contribution in [0.15, 0.2) is 60.7 Å². The molecule has 0 unspecified atom stereocenters. The van der Waals surface area contributed by atoms with Crippen molar-refractivity contribution in [2.45, 2.75) is 46.3 Å². The van der Waals surface area contributed by atoms with Crippen molar-refractivity contribution in [1.82, 2.24) is 0 Å². The van der Waals surface area contributed by atoms with E-state index in [2.05, 4.69) is 0 Å². The molecule has 0 aliphatic heterocycles. The predicted molar refractivity (Wildman–Crippen MR) is 101 cm³/mol. The SMILES string of the molecule is CCCC(C)(C)C(C)(OC(=O)c1ccccc1)OC(=O)c1ccccc1. The van der Waals surface area contributed by atoms with Crippen LogP contribution in [0.2, 0.25) is 0 Å². The summed E-state index contributed by atoms with van der Waals surface area (Å²) in [6.45, 7) is 7.57. The Bertz CT molecular complexity index is 682. The monoisotopic (exact) mass is 354 g/mol. The molecule has 0 aliphatic rings. The van der Waals surface area contributed by atoms with Crippen LogP contribution in [0.4, 0.5) is 0 Å². The van der Waals surface area contributed by atoms with Crippen molar-refractivity contribution in [2.24, 2.45) is 5.41 Å². The number of ether oxygens (including phenoxy) is 2. The van der Waals surface area contributed by atoms with Crippen molar-refractivity contribution < 1.29 is 19.1 Å². The van der Waals surface area contributed by atoms with Gasteiger partial charge < -0.3 is 9.47 Å². The second-order valence-electron chi connectivity index (χ2n) is 7.09. The first-order valence-electron chi connectivity index (χ1n) is 8.86. The molecule has 0 aliphatic carbocycles. The summed E-state index contributed by atoms with van der Waals surface area (Å²) in [5, 5.41) is 0. The van der Waals surface area contributed by atoms with Crippen molar-refractivity contribution in [3.8, 4) is 0 Å². The number of carbonyl (C=O) groups is 2. The maximum atomic E-state index is 12.6. The Kier molecular flexibility index (Phi) is 6.19. The van der Waals surface area contributed by atoms with E-state index in [4.69, 9.17) is 9.47 Å². The Balaban J connectivity index is 2.30. The minimum atomic E-state index is -1.40. The van der Waals surface area contributed by atoms with Gasteiger partial charge in [0.05, 0.1) is 11.1 Å². The smallest absolute Gasteiger partial charge is 0.341 e. The highest BCUT2D eigenvalue weighted by atomic mass is 16.7. The van der Waals surface area contributed by atoms with E-state index in [-0.39, 0.29) is 0 Å². The lowest BCUT2D eigenvalue weighted by atomic mass is 9.79. The van der Waals surface area contributed by atoms with E-state index in [9.17, 15) is 9.59 Å². The van der Waals surface area contributed by atoms with Gasteiger partial charge in [-0.3, -0.25) is 0 Å². The van der Waals surface area contributed by atoms with Crippen molar-refractivity contribution in [3.05, 3.63) is 71.8 Å². The molecule has 0 N–H and O–H groups in total. The second-order valence-corrected chi connectivity index (χ2v) is 7.09. The zero-order chi connectivity index (χ0) is 19.2. The highest BCUT2D eigenvalue weighted by Crippen LogP contribution is 2.40. The van der Waals surface area contributed by atoms with E-state index in [1.165, 1.54) is 0 Å². The molecule has 0 fully saturated rings. The maximum Gasteiger partial charge on any atom is 0.341 e. The molecule has 26 heavy (non-hydrogen) atoms. The van der Waals surface area contributed by atoms with Crippen LogP contribution < -0.4 is 0 Å². The quantitative estimate of drug-likeness (QED) is 0.504. The van der Waals surface area contributed by atoms with E-state index in [1.807, 2.05) is 32.9 Å². The number of rotatable bonds is 7. The summed E-state index contributed by atoms with van der Waals surface area (Å²) in [6.07, 6.45) is 1.60. The lowest BCUT2D eigenvalue weighted by molar-refractivity contribution is -0.221. The van der Waals surface area contributed by atoms with Crippen LogP contribution in [0.5, 0.6) is 0 Å². The molecule has 4 heteroatoms. The van der Waals surface area contributed by atoms with Gasteiger partial charge in [-0.05, 0) is 30.7 Å². The molecule has 0 bridgehead atoms. The van der Waals surface area contributed by atoms with Crippen molar-refractivity contribution in [1.29, 1.82) is 0 Å². The summed E-state index contributed by atoms with van der Waals surface area (Å²) >= 11 is 0. The normalized spacial score (nSPS) is 11.7. The summed E-state index contributed by atoms with van der Waals surface area (Å²) < 4.78 is 11.5. The van der Waals surface area contributed by atoms with Gasteiger partial charge in [-0.15, -0.1) is 0 Å². The van der Waals surface area contributed by atoms with Gasteiger partial charge in [-0.1, -0.05) is 63.6 Å². The van der Waals surface area contributed by atoms with Gasteiger partial charge >= 0.3 is 11.9 Å². The Morgan fingerprint density at radius 2 is 1.15 bits per heavy atom. The van der Waals surface area contributed by atoms with Crippen LogP contribution in [0, 0.1) is 5.41 Å². The molecular weight excluding hydrogens is 328 g/mol. The first-order chi connectivity index (χ1) is 12.3. The highest BCUT2D eigenvalue weighted by molar-refractivity contribution is 5.91. The average molecular weight is 354 g/mol. The van der Waals surface area contributed by atoms with E-state index in [1.54, 1.807) is 55.5 Å². The van der Waals surface area contributed by atoms with Gasteiger partial charge in [0, 0.05) is 12.3 Å². The molecule has 0 saturated heterocycles. The van der Waals surface area contributed by atoms with Crippen LogP contribution in [0.3, 0.4) is 0 Å². The van der Waals surface area contributed by atoms with E-state index in [0.717, 1.165) is 12.8 Å². The zero-order valence-electron chi connectivity index (χ0n) is 15.8. The molecule has 2 aromatic rings. The summed E-state index contributed by atoms with van der Waals surface area (Å²) in [7, 11) is 0. The lowest BCUT2D eigenvalue weighted by Crippen LogP contribution is -2.49. The number of esters is 2. The highest BCUT2D eigenvalue weighted by Gasteiger charge is 2.48. The van der Waals surface area contributed by atoms with Gasteiger partial charge in [0.1, 0.15) is 0 Å². The molecule has 0 aromatic heterocycles. The Hall–Kier alpha value is -2.62. The molecule has 0 radical (unpaired) electrons. The fourth-order valence-corrected chi connectivity index (χ4v) is 2.77. The van der Waals surface area contributed by atoms with Crippen LogP contribution in [-0.4, -0.2) is 17.7 Å². The molecule has 138 valence electrons. The Morgan fingerprint density at radius 3 is 1.50 bits per heavy atom. The predicted octanol–water partition coefficient (Wildman–Crippen LogP) is 5.24. The van der Waals surface area contributed by atoms with Gasteiger partial charge in [0.2, 0.25) is 0 Å². The molecule has 4 nitrogen and oxygen atoms in total. The van der Waals surface area contributed by atoms with Gasteiger partial charge in [-0.2, -0.15) is 0 Å². The minimum Gasteiger partial charge on any atom is -0.419 e. The zero-order valence-corrected chi connectivity index (χ0v) is 15.8. The Morgan fingerprint density at radius 1 is 0.769 bits per heavy atom. The third-order valence-corrected chi connectivity index (χ3v) is 4.70. The van der Waals surface area contributed by atoms with Gasteiger partial charge in [-0.25, -0.2) is 9.59 Å². The standard InChI is InChI=1S/C22H26O4/c1-5-16-21(2,3)22(4,25-19(23)17-12-8-6-9-13-17)26-20(24)18-14-10-7-11-15-18/h6-15H,5,16H2,1-4H3. The molecule has 0 atom stereocenters. The number of benzene rings is 2. The van der Waals surface area contributed by atoms with Crippen molar-refractivity contribution in [3.63, 3.8) is 0 Å². The molecule has 0 saturated carbocycles. The van der Waals surface area contributed by atoms with Crippen LogP contribution in [0.1, 0.15) is 61.3 Å². The third kappa shape index (κ3) is 4.51. The number of carbonyl (C=O) groups excluding carboxylic acids is 2. The fraction of sp³-hybridized carbons (Fsp3) is 0.364. The summed E-state index contributed by atoms with van der Waals surface area (Å²) in [4.78, 5) is 25.2. The summed E-state index contributed by atoms with van der Waals surface area (Å²) in [5.74, 6) is -2.43. The summed E-state index contributed by atoms with van der Waals surface area (Å²) in [6, 6.07) is 17.4. The van der Waals surface area contributed by atoms with E-state index >= 15 is 0 Å². The minimum absolute atomic E-state index is 0.418. The van der Waals surface area contributed by atoms with Crippen LogP contribution >= 0.6 is 0 Å². The average Bonchev–Trinajstić information content (AvgIpc) is 2.63. The number of hydrogen-bond donors (Lipinski definition) is 0. The third-order valence-electron chi connectivity index (χ3n) is 4.70. The summed E-state index contributed by atoms with van der Waals surface area (Å²) in [5.41, 5.74) is 0.278. The van der Waals surface area contributed by atoms with Crippen LogP contribution in [0.25, 0.3) is 0 Å². The maximum absolute atomic E-state index is 12.6. The van der Waals surface area contributed by atoms with Gasteiger partial charge in [0.15, 0.2) is 0 Å². The van der Waals surface area contributed by atoms with Crippen molar-refractivity contribution >= 4 is 11.9 Å². The molecular formula is C22H26O4.